The van der Waals surface area contributed by atoms with Crippen LogP contribution in [0.25, 0.3) is 0 Å². The monoisotopic (exact) mass is 368 g/mol. The third-order valence-corrected chi connectivity index (χ3v) is 3.87. The molecule has 1 N–H and O–H groups in total. The summed E-state index contributed by atoms with van der Waals surface area (Å²) < 4.78 is 4.70. The molecule has 2 rings (SSSR count). The zero-order valence-corrected chi connectivity index (χ0v) is 15.3. The van der Waals surface area contributed by atoms with E-state index in [1.54, 1.807) is 42.5 Å². The van der Waals surface area contributed by atoms with Crippen LogP contribution in [-0.4, -0.2) is 37.2 Å². The molecular formula is C20H20N2O5. The predicted octanol–water partition coefficient (Wildman–Crippen LogP) is 2.67. The van der Waals surface area contributed by atoms with Gasteiger partial charge in [-0.1, -0.05) is 12.1 Å². The van der Waals surface area contributed by atoms with E-state index in [4.69, 9.17) is 4.74 Å². The fourth-order valence-electron chi connectivity index (χ4n) is 2.47. The Hall–Kier alpha value is -3.48. The van der Waals surface area contributed by atoms with Crippen molar-refractivity contribution in [3.8, 4) is 0 Å². The molecule has 2 aromatic carbocycles. The first kappa shape index (κ1) is 19.8. The van der Waals surface area contributed by atoms with Gasteiger partial charge in [0.15, 0.2) is 5.78 Å². The van der Waals surface area contributed by atoms with E-state index in [1.165, 1.54) is 31.9 Å². The van der Waals surface area contributed by atoms with Gasteiger partial charge in [0.05, 0.1) is 18.4 Å². The Morgan fingerprint density at radius 3 is 2.15 bits per heavy atom. The minimum absolute atomic E-state index is 0.0897. The zero-order valence-electron chi connectivity index (χ0n) is 15.3. The Morgan fingerprint density at radius 1 is 0.963 bits per heavy atom. The Balaban J connectivity index is 2.18. The molecule has 7 heteroatoms. The number of Topliss-reactive ketones (excluding diaryl/α,β-unsaturated/α-hetero) is 1. The van der Waals surface area contributed by atoms with Crippen molar-refractivity contribution in [1.82, 2.24) is 0 Å². The van der Waals surface area contributed by atoms with Gasteiger partial charge in [-0.15, -0.1) is 0 Å². The smallest absolute Gasteiger partial charge is 0.339 e. The average molecular weight is 368 g/mol. The van der Waals surface area contributed by atoms with Crippen LogP contribution in [0.5, 0.6) is 0 Å². The van der Waals surface area contributed by atoms with Crippen molar-refractivity contribution in [3.05, 3.63) is 59.7 Å². The van der Waals surface area contributed by atoms with Crippen molar-refractivity contribution < 1.29 is 23.9 Å². The Bertz CT molecular complexity index is 874. The maximum Gasteiger partial charge on any atom is 0.339 e. The molecule has 0 aromatic heterocycles. The van der Waals surface area contributed by atoms with Gasteiger partial charge in [0.1, 0.15) is 6.54 Å². The topological polar surface area (TPSA) is 92.8 Å². The number of carbonyl (C=O) groups excluding carboxylic acids is 4. The molecule has 0 saturated heterocycles. The number of methoxy groups -OCH3 is 1. The lowest BCUT2D eigenvalue weighted by Crippen LogP contribution is -2.36. The second-order valence-corrected chi connectivity index (χ2v) is 5.79. The second kappa shape index (κ2) is 8.75. The van der Waals surface area contributed by atoms with E-state index < -0.39 is 11.9 Å². The Morgan fingerprint density at radius 2 is 1.59 bits per heavy atom. The van der Waals surface area contributed by atoms with Crippen LogP contribution in [0.4, 0.5) is 11.4 Å². The van der Waals surface area contributed by atoms with Gasteiger partial charge in [0.2, 0.25) is 11.8 Å². The van der Waals surface area contributed by atoms with Crippen LogP contribution in [0, 0.1) is 0 Å². The lowest BCUT2D eigenvalue weighted by atomic mass is 10.1. The highest BCUT2D eigenvalue weighted by Gasteiger charge is 2.18. The van der Waals surface area contributed by atoms with E-state index in [0.717, 1.165) is 0 Å². The van der Waals surface area contributed by atoms with Gasteiger partial charge < -0.3 is 15.0 Å². The lowest BCUT2D eigenvalue weighted by molar-refractivity contribution is -0.120. The maximum absolute atomic E-state index is 12.4. The van der Waals surface area contributed by atoms with Crippen molar-refractivity contribution in [3.63, 3.8) is 0 Å². The van der Waals surface area contributed by atoms with Crippen LogP contribution in [0.2, 0.25) is 0 Å². The van der Waals surface area contributed by atoms with E-state index in [2.05, 4.69) is 5.32 Å². The summed E-state index contributed by atoms with van der Waals surface area (Å²) in [4.78, 5) is 48.8. The van der Waals surface area contributed by atoms with Crippen LogP contribution in [0.3, 0.4) is 0 Å². The number of benzene rings is 2. The maximum atomic E-state index is 12.4. The molecule has 0 heterocycles. The summed E-state index contributed by atoms with van der Waals surface area (Å²) >= 11 is 0. The number of ketones is 1. The summed E-state index contributed by atoms with van der Waals surface area (Å²) in [6, 6.07) is 12.8. The SMILES string of the molecule is COC(=O)c1ccccc1NC(=O)CN(C(C)=O)c1ccc(C(C)=O)cc1. The van der Waals surface area contributed by atoms with Gasteiger partial charge in [0.25, 0.3) is 0 Å². The largest absolute Gasteiger partial charge is 0.465 e. The molecule has 0 atom stereocenters. The highest BCUT2D eigenvalue weighted by atomic mass is 16.5. The molecule has 7 nitrogen and oxygen atoms in total. The van der Waals surface area contributed by atoms with Gasteiger partial charge in [-0.05, 0) is 43.3 Å². The standard InChI is InChI=1S/C20H20N2O5/c1-13(23)15-8-10-16(11-9-15)22(14(2)24)12-19(25)21-18-7-5-4-6-17(18)20(26)27-3/h4-11H,12H2,1-3H3,(H,21,25). The van der Waals surface area contributed by atoms with E-state index >= 15 is 0 Å². The van der Waals surface area contributed by atoms with E-state index in [1.807, 2.05) is 0 Å². The zero-order chi connectivity index (χ0) is 20.0. The molecular weight excluding hydrogens is 348 g/mol. The number of nitrogens with one attached hydrogen (secondary N) is 1. The first-order valence-corrected chi connectivity index (χ1v) is 8.19. The first-order chi connectivity index (χ1) is 12.8. The number of rotatable bonds is 6. The molecule has 0 aliphatic heterocycles. The van der Waals surface area contributed by atoms with E-state index in [0.29, 0.717) is 16.9 Å². The van der Waals surface area contributed by atoms with E-state index in [-0.39, 0.29) is 23.8 Å². The molecule has 0 spiro atoms. The molecule has 0 unspecified atom stereocenters. The number of hydrogen-bond donors (Lipinski definition) is 1. The van der Waals surface area contributed by atoms with Crippen molar-refractivity contribution in [1.29, 1.82) is 0 Å². The normalized spacial score (nSPS) is 10.0. The third-order valence-electron chi connectivity index (χ3n) is 3.87. The van der Waals surface area contributed by atoms with Crippen LogP contribution < -0.4 is 10.2 Å². The predicted molar refractivity (Wildman–Crippen MR) is 101 cm³/mol. The molecule has 0 aliphatic carbocycles. The average Bonchev–Trinajstić information content (AvgIpc) is 2.65. The molecule has 0 aliphatic rings. The molecule has 2 amide bonds. The van der Waals surface area contributed by atoms with Gasteiger partial charge in [-0.3, -0.25) is 14.4 Å². The summed E-state index contributed by atoms with van der Waals surface area (Å²) in [7, 11) is 1.25. The molecule has 140 valence electrons. The number of esters is 1. The number of anilines is 2. The van der Waals surface area contributed by atoms with Gasteiger partial charge >= 0.3 is 5.97 Å². The molecule has 0 saturated carbocycles. The number of ether oxygens (including phenoxy) is 1. The van der Waals surface area contributed by atoms with Crippen LogP contribution >= 0.6 is 0 Å². The van der Waals surface area contributed by atoms with Crippen molar-refractivity contribution in [2.45, 2.75) is 13.8 Å². The fraction of sp³-hybridized carbons (Fsp3) is 0.200. The van der Waals surface area contributed by atoms with Gasteiger partial charge in [0, 0.05) is 18.2 Å². The van der Waals surface area contributed by atoms with E-state index in [9.17, 15) is 19.2 Å². The van der Waals surface area contributed by atoms with Crippen molar-refractivity contribution in [2.24, 2.45) is 0 Å². The van der Waals surface area contributed by atoms with Gasteiger partial charge in [-0.25, -0.2) is 4.79 Å². The summed E-state index contributed by atoms with van der Waals surface area (Å²) in [6.45, 7) is 2.54. The minimum Gasteiger partial charge on any atom is -0.465 e. The molecule has 0 fully saturated rings. The highest BCUT2D eigenvalue weighted by Crippen LogP contribution is 2.18. The molecule has 2 aromatic rings. The Kier molecular flexibility index (Phi) is 6.43. The number of carbonyl (C=O) groups is 4. The molecule has 0 radical (unpaired) electrons. The van der Waals surface area contributed by atoms with Gasteiger partial charge in [-0.2, -0.15) is 0 Å². The highest BCUT2D eigenvalue weighted by molar-refractivity contribution is 6.05. The quantitative estimate of drug-likeness (QED) is 0.625. The summed E-state index contributed by atoms with van der Waals surface area (Å²) in [5.41, 5.74) is 1.51. The lowest BCUT2D eigenvalue weighted by Gasteiger charge is -2.21. The summed E-state index contributed by atoms with van der Waals surface area (Å²) in [5, 5.41) is 2.62. The molecule has 0 bridgehead atoms. The first-order valence-electron chi connectivity index (χ1n) is 8.19. The van der Waals surface area contributed by atoms with Crippen LogP contribution in [-0.2, 0) is 14.3 Å². The summed E-state index contributed by atoms with van der Waals surface area (Å²) in [5.74, 6) is -1.47. The summed E-state index contributed by atoms with van der Waals surface area (Å²) in [6.07, 6.45) is 0. The van der Waals surface area contributed by atoms with Crippen LogP contribution in [0.1, 0.15) is 34.6 Å². The fourth-order valence-corrected chi connectivity index (χ4v) is 2.47. The van der Waals surface area contributed by atoms with Crippen molar-refractivity contribution >= 4 is 34.9 Å². The number of hydrogen-bond acceptors (Lipinski definition) is 5. The van der Waals surface area contributed by atoms with Crippen LogP contribution in [0.15, 0.2) is 48.5 Å². The van der Waals surface area contributed by atoms with Crippen molar-refractivity contribution in [2.75, 3.05) is 23.9 Å². The Labute approximate surface area is 156 Å². The number of amides is 2. The minimum atomic E-state index is -0.575. The third kappa shape index (κ3) is 5.01. The number of nitrogens with zero attached hydrogens (tertiary/aromatic N) is 1. The second-order valence-electron chi connectivity index (χ2n) is 5.79. The number of para-hydroxylation sites is 1. The molecule has 27 heavy (non-hydrogen) atoms.